The number of allylic oxidation sites excluding steroid dienone is 1. The molecule has 0 bridgehead atoms. The molecule has 0 saturated carbocycles. The number of halogens is 2. The first-order valence-corrected chi connectivity index (χ1v) is 7.47. The lowest BCUT2D eigenvalue weighted by Gasteiger charge is -2.04. The van der Waals surface area contributed by atoms with Crippen molar-refractivity contribution in [2.75, 3.05) is 14.1 Å². The fraction of sp³-hybridized carbons (Fsp3) is 0.118. The van der Waals surface area contributed by atoms with Crippen LogP contribution in [0.5, 0.6) is 0 Å². The van der Waals surface area contributed by atoms with Gasteiger partial charge in [-0.05, 0) is 28.8 Å². The Morgan fingerprint density at radius 1 is 0.950 bits per heavy atom. The third-order valence-electron chi connectivity index (χ3n) is 2.86. The van der Waals surface area contributed by atoms with Crippen molar-refractivity contribution in [2.45, 2.75) is 0 Å². The predicted octanol–water partition coefficient (Wildman–Crippen LogP) is 5.04. The number of hydrogen-bond acceptors (Lipinski definition) is 0. The van der Waals surface area contributed by atoms with Crippen molar-refractivity contribution >= 4 is 38.8 Å². The molecule has 0 aliphatic carbocycles. The van der Waals surface area contributed by atoms with Gasteiger partial charge in [-0.2, -0.15) is 0 Å². The van der Waals surface area contributed by atoms with E-state index in [1.165, 1.54) is 11.1 Å². The van der Waals surface area contributed by atoms with Gasteiger partial charge >= 0.3 is 0 Å². The molecule has 0 N–H and O–H groups in total. The SMILES string of the molecule is C[N+](C)=C/C=C(\Cl)c1ccc(-c2ccc(Br)cc2)cc1. The molecule has 3 heteroatoms. The molecule has 0 amide bonds. The van der Waals surface area contributed by atoms with E-state index in [0.29, 0.717) is 0 Å². The monoisotopic (exact) mass is 348 g/mol. The highest BCUT2D eigenvalue weighted by Crippen LogP contribution is 2.25. The van der Waals surface area contributed by atoms with Gasteiger partial charge < -0.3 is 0 Å². The molecule has 1 nitrogen and oxygen atoms in total. The van der Waals surface area contributed by atoms with Crippen LogP contribution in [0.1, 0.15) is 5.56 Å². The second kappa shape index (κ2) is 6.87. The van der Waals surface area contributed by atoms with Crippen LogP contribution in [0.3, 0.4) is 0 Å². The molecular weight excluding hydrogens is 334 g/mol. The number of benzene rings is 2. The standard InChI is InChI=1S/C17H16BrClN/c1-20(2)12-11-17(19)15-5-3-13(4-6-15)14-7-9-16(18)10-8-14/h3-12H,1-2H3/q+1/b17-11-. The predicted molar refractivity (Wildman–Crippen MR) is 91.6 cm³/mol. The molecular formula is C17H16BrClN+. The van der Waals surface area contributed by atoms with Gasteiger partial charge in [0.1, 0.15) is 14.1 Å². The normalized spacial score (nSPS) is 11.3. The van der Waals surface area contributed by atoms with Crippen molar-refractivity contribution in [1.82, 2.24) is 0 Å². The lowest BCUT2D eigenvalue weighted by Crippen LogP contribution is -1.95. The van der Waals surface area contributed by atoms with Gasteiger partial charge in [-0.15, -0.1) is 0 Å². The Morgan fingerprint density at radius 2 is 1.45 bits per heavy atom. The summed E-state index contributed by atoms with van der Waals surface area (Å²) in [4.78, 5) is 0. The summed E-state index contributed by atoms with van der Waals surface area (Å²) in [5.41, 5.74) is 3.40. The molecule has 102 valence electrons. The van der Waals surface area contributed by atoms with Gasteiger partial charge in [-0.1, -0.05) is 63.9 Å². The maximum atomic E-state index is 6.27. The molecule has 0 aromatic heterocycles. The lowest BCUT2D eigenvalue weighted by molar-refractivity contribution is -0.458. The number of rotatable bonds is 3. The van der Waals surface area contributed by atoms with Crippen molar-refractivity contribution in [3.63, 3.8) is 0 Å². The van der Waals surface area contributed by atoms with Crippen LogP contribution < -0.4 is 0 Å². The topological polar surface area (TPSA) is 3.01 Å². The minimum Gasteiger partial charge on any atom is -0.241 e. The molecule has 0 heterocycles. The van der Waals surface area contributed by atoms with Crippen LogP contribution in [0, 0.1) is 0 Å². The second-order valence-corrected chi connectivity index (χ2v) is 6.03. The summed E-state index contributed by atoms with van der Waals surface area (Å²) < 4.78 is 3.04. The Bertz CT molecular complexity index is 636. The lowest BCUT2D eigenvalue weighted by atomic mass is 10.0. The number of nitrogens with zero attached hydrogens (tertiary/aromatic N) is 1. The van der Waals surface area contributed by atoms with Crippen molar-refractivity contribution in [2.24, 2.45) is 0 Å². The molecule has 0 unspecified atom stereocenters. The molecule has 2 aromatic rings. The summed E-state index contributed by atoms with van der Waals surface area (Å²) in [7, 11) is 3.94. The first-order chi connectivity index (χ1) is 9.56. The summed E-state index contributed by atoms with van der Waals surface area (Å²) in [6, 6.07) is 16.5. The van der Waals surface area contributed by atoms with Crippen LogP contribution in [0.15, 0.2) is 59.1 Å². The highest BCUT2D eigenvalue weighted by molar-refractivity contribution is 9.10. The van der Waals surface area contributed by atoms with Gasteiger partial charge in [0.05, 0.1) is 5.03 Å². The minimum atomic E-state index is 0.737. The van der Waals surface area contributed by atoms with Crippen molar-refractivity contribution < 1.29 is 4.58 Å². The van der Waals surface area contributed by atoms with Gasteiger partial charge in [0, 0.05) is 10.5 Å². The zero-order chi connectivity index (χ0) is 14.5. The first-order valence-electron chi connectivity index (χ1n) is 6.30. The molecule has 2 aromatic carbocycles. The average Bonchev–Trinajstić information content (AvgIpc) is 2.46. The van der Waals surface area contributed by atoms with Crippen molar-refractivity contribution in [3.8, 4) is 11.1 Å². The molecule has 0 aliphatic rings. The fourth-order valence-electron chi connectivity index (χ4n) is 1.77. The van der Waals surface area contributed by atoms with Gasteiger partial charge in [0.15, 0.2) is 6.21 Å². The maximum absolute atomic E-state index is 6.27. The number of hydrogen-bond donors (Lipinski definition) is 0. The molecule has 0 fully saturated rings. The molecule has 0 spiro atoms. The highest BCUT2D eigenvalue weighted by atomic mass is 79.9. The quantitative estimate of drug-likeness (QED) is 0.539. The summed E-state index contributed by atoms with van der Waals surface area (Å²) >= 11 is 9.71. The third kappa shape index (κ3) is 4.06. The minimum absolute atomic E-state index is 0.737. The van der Waals surface area contributed by atoms with E-state index in [9.17, 15) is 0 Å². The molecule has 0 radical (unpaired) electrons. The molecule has 0 atom stereocenters. The molecule has 0 saturated heterocycles. The fourth-order valence-corrected chi connectivity index (χ4v) is 2.22. The summed E-state index contributed by atoms with van der Waals surface area (Å²) in [6.07, 6.45) is 3.83. The second-order valence-electron chi connectivity index (χ2n) is 4.71. The summed E-state index contributed by atoms with van der Waals surface area (Å²) in [5, 5.41) is 0.737. The van der Waals surface area contributed by atoms with Crippen LogP contribution in [-0.4, -0.2) is 24.9 Å². The van der Waals surface area contributed by atoms with Gasteiger partial charge in [0.2, 0.25) is 0 Å². The van der Waals surface area contributed by atoms with E-state index in [1.807, 2.05) is 55.2 Å². The Kier molecular flexibility index (Phi) is 5.16. The zero-order valence-corrected chi connectivity index (χ0v) is 13.8. The largest absolute Gasteiger partial charge is 0.241 e. The highest BCUT2D eigenvalue weighted by Gasteiger charge is 2.01. The van der Waals surface area contributed by atoms with Crippen molar-refractivity contribution in [1.29, 1.82) is 0 Å². The Balaban J connectivity index is 2.24. The Morgan fingerprint density at radius 3 is 1.95 bits per heavy atom. The molecule has 2 rings (SSSR count). The van der Waals surface area contributed by atoms with Gasteiger partial charge in [-0.3, -0.25) is 0 Å². The van der Waals surface area contributed by atoms with E-state index in [1.54, 1.807) is 0 Å². The van der Waals surface area contributed by atoms with E-state index < -0.39 is 0 Å². The van der Waals surface area contributed by atoms with Crippen LogP contribution in [0.4, 0.5) is 0 Å². The third-order valence-corrected chi connectivity index (χ3v) is 3.73. The van der Waals surface area contributed by atoms with Crippen LogP contribution in [-0.2, 0) is 0 Å². The maximum Gasteiger partial charge on any atom is 0.164 e. The first kappa shape index (κ1) is 15.0. The average molecular weight is 350 g/mol. The Labute approximate surface area is 133 Å². The van der Waals surface area contributed by atoms with E-state index >= 15 is 0 Å². The smallest absolute Gasteiger partial charge is 0.164 e. The van der Waals surface area contributed by atoms with Crippen LogP contribution >= 0.6 is 27.5 Å². The zero-order valence-electron chi connectivity index (χ0n) is 11.5. The summed E-state index contributed by atoms with van der Waals surface area (Å²) in [5.74, 6) is 0. The van der Waals surface area contributed by atoms with Crippen LogP contribution in [0.2, 0.25) is 0 Å². The molecule has 20 heavy (non-hydrogen) atoms. The van der Waals surface area contributed by atoms with Gasteiger partial charge in [-0.25, -0.2) is 4.58 Å². The van der Waals surface area contributed by atoms with Crippen molar-refractivity contribution in [3.05, 3.63) is 64.6 Å². The van der Waals surface area contributed by atoms with E-state index in [4.69, 9.17) is 11.6 Å². The van der Waals surface area contributed by atoms with Crippen LogP contribution in [0.25, 0.3) is 16.2 Å². The summed E-state index contributed by atoms with van der Waals surface area (Å²) in [6.45, 7) is 0. The van der Waals surface area contributed by atoms with E-state index in [2.05, 4.69) is 40.2 Å². The van der Waals surface area contributed by atoms with Gasteiger partial charge in [0.25, 0.3) is 0 Å². The van der Waals surface area contributed by atoms with E-state index in [0.717, 1.165) is 15.1 Å². The Hall–Kier alpha value is -1.38. The molecule has 0 aliphatic heterocycles. The van der Waals surface area contributed by atoms with E-state index in [-0.39, 0.29) is 0 Å².